The van der Waals surface area contributed by atoms with Crippen molar-refractivity contribution < 1.29 is 0 Å². The molecule has 5 nitrogen and oxygen atoms in total. The second-order valence-corrected chi connectivity index (χ2v) is 4.42. The number of aromatic nitrogens is 2. The summed E-state index contributed by atoms with van der Waals surface area (Å²) in [6.45, 7) is 5.60. The number of allylic oxidation sites excluding steroid dienone is 1. The number of rotatable bonds is 3. The number of nitrogens with zero attached hydrogens (tertiary/aromatic N) is 3. The number of hydrogen-bond acceptors (Lipinski definition) is 3. The Labute approximate surface area is 98.2 Å². The van der Waals surface area contributed by atoms with E-state index in [2.05, 4.69) is 6.58 Å². The Kier molecular flexibility index (Phi) is 2.72. The Morgan fingerprint density at radius 1 is 1.59 bits per heavy atom. The molecule has 1 heterocycles. The van der Waals surface area contributed by atoms with Gasteiger partial charge in [-0.25, -0.2) is 4.79 Å². The van der Waals surface area contributed by atoms with Gasteiger partial charge in [-0.1, -0.05) is 12.2 Å². The van der Waals surface area contributed by atoms with Gasteiger partial charge in [0.1, 0.15) is 11.6 Å². The van der Waals surface area contributed by atoms with Crippen LogP contribution in [0.5, 0.6) is 0 Å². The molecule has 1 saturated carbocycles. The van der Waals surface area contributed by atoms with Crippen molar-refractivity contribution in [2.45, 2.75) is 32.4 Å². The summed E-state index contributed by atoms with van der Waals surface area (Å²) in [4.78, 5) is 23.9. The molecule has 0 spiro atoms. The largest absolute Gasteiger partial charge is 0.331 e. The van der Waals surface area contributed by atoms with Gasteiger partial charge in [0.05, 0.1) is 6.54 Å². The van der Waals surface area contributed by atoms with Crippen molar-refractivity contribution in [2.24, 2.45) is 0 Å². The molecule has 0 aliphatic heterocycles. The van der Waals surface area contributed by atoms with Crippen LogP contribution in [0.25, 0.3) is 0 Å². The zero-order chi connectivity index (χ0) is 12.6. The minimum absolute atomic E-state index is 0.0118. The van der Waals surface area contributed by atoms with Gasteiger partial charge in [-0.05, 0) is 19.8 Å². The fourth-order valence-electron chi connectivity index (χ4n) is 1.72. The van der Waals surface area contributed by atoms with Crippen molar-refractivity contribution in [1.82, 2.24) is 9.13 Å². The van der Waals surface area contributed by atoms with Crippen molar-refractivity contribution in [3.63, 3.8) is 0 Å². The second kappa shape index (κ2) is 4.06. The smallest absolute Gasteiger partial charge is 0.296 e. The van der Waals surface area contributed by atoms with Gasteiger partial charge in [0.15, 0.2) is 0 Å². The zero-order valence-corrected chi connectivity index (χ0v) is 9.64. The third-order valence-electron chi connectivity index (χ3n) is 2.68. The molecule has 2 rings (SSSR count). The molecule has 0 bridgehead atoms. The lowest BCUT2D eigenvalue weighted by Crippen LogP contribution is -2.40. The maximum absolute atomic E-state index is 12.1. The molecule has 0 amide bonds. The van der Waals surface area contributed by atoms with E-state index in [1.807, 2.05) is 6.07 Å². The summed E-state index contributed by atoms with van der Waals surface area (Å²) in [5, 5.41) is 8.89. The van der Waals surface area contributed by atoms with E-state index >= 15 is 0 Å². The minimum atomic E-state index is -0.530. The first kappa shape index (κ1) is 11.4. The zero-order valence-electron chi connectivity index (χ0n) is 9.64. The Morgan fingerprint density at radius 2 is 2.24 bits per heavy atom. The first-order valence-corrected chi connectivity index (χ1v) is 5.45. The van der Waals surface area contributed by atoms with Crippen LogP contribution < -0.4 is 11.2 Å². The Morgan fingerprint density at radius 3 is 2.71 bits per heavy atom. The van der Waals surface area contributed by atoms with Crippen LogP contribution in [0, 0.1) is 11.3 Å². The van der Waals surface area contributed by atoms with Gasteiger partial charge in [0.2, 0.25) is 0 Å². The number of hydrogen-bond donors (Lipinski definition) is 0. The highest BCUT2D eigenvalue weighted by molar-refractivity contribution is 5.23. The maximum atomic E-state index is 12.1. The fourth-order valence-corrected chi connectivity index (χ4v) is 1.72. The molecule has 1 aromatic heterocycles. The van der Waals surface area contributed by atoms with Gasteiger partial charge >= 0.3 is 5.69 Å². The Hall–Kier alpha value is -2.09. The monoisotopic (exact) mass is 231 g/mol. The van der Waals surface area contributed by atoms with Crippen LogP contribution in [0.1, 0.15) is 31.4 Å². The van der Waals surface area contributed by atoms with Crippen LogP contribution >= 0.6 is 0 Å². The summed E-state index contributed by atoms with van der Waals surface area (Å²) in [5.41, 5.74) is -0.156. The Bertz CT molecular complexity index is 627. The van der Waals surface area contributed by atoms with E-state index in [1.165, 1.54) is 10.8 Å². The molecule has 0 radical (unpaired) electrons. The van der Waals surface area contributed by atoms with E-state index in [1.54, 1.807) is 6.92 Å². The van der Waals surface area contributed by atoms with E-state index in [9.17, 15) is 9.59 Å². The van der Waals surface area contributed by atoms with Crippen molar-refractivity contribution in [3.05, 3.63) is 44.8 Å². The van der Waals surface area contributed by atoms with Gasteiger partial charge in [0, 0.05) is 12.2 Å². The lowest BCUT2D eigenvalue weighted by Gasteiger charge is -2.09. The fraction of sp³-hybridized carbons (Fsp3) is 0.417. The molecule has 1 fully saturated rings. The SMILES string of the molecule is C=C(C)Cn1c(=O)c(C#N)cn(C2CC2)c1=O. The summed E-state index contributed by atoms with van der Waals surface area (Å²) in [5.74, 6) is 0. The van der Waals surface area contributed by atoms with E-state index in [4.69, 9.17) is 5.26 Å². The van der Waals surface area contributed by atoms with Crippen molar-refractivity contribution >= 4 is 0 Å². The van der Waals surface area contributed by atoms with Crippen LogP contribution in [0.3, 0.4) is 0 Å². The second-order valence-electron chi connectivity index (χ2n) is 4.42. The predicted molar refractivity (Wildman–Crippen MR) is 62.8 cm³/mol. The van der Waals surface area contributed by atoms with Gasteiger partial charge in [0.25, 0.3) is 5.56 Å². The summed E-state index contributed by atoms with van der Waals surface area (Å²) in [6.07, 6.45) is 3.23. The molecule has 1 aromatic rings. The average molecular weight is 231 g/mol. The van der Waals surface area contributed by atoms with Crippen LogP contribution in [-0.2, 0) is 6.54 Å². The predicted octanol–water partition coefficient (Wildman–Crippen LogP) is 0.793. The summed E-state index contributed by atoms with van der Waals surface area (Å²) in [6, 6.07) is 1.98. The molecule has 5 heteroatoms. The highest BCUT2D eigenvalue weighted by Crippen LogP contribution is 2.33. The molecule has 0 aromatic carbocycles. The minimum Gasteiger partial charge on any atom is -0.296 e. The molecular formula is C12H13N3O2. The first-order valence-electron chi connectivity index (χ1n) is 5.45. The summed E-state index contributed by atoms with van der Waals surface area (Å²) in [7, 11) is 0. The van der Waals surface area contributed by atoms with E-state index in [-0.39, 0.29) is 23.8 Å². The molecule has 1 aliphatic carbocycles. The lowest BCUT2D eigenvalue weighted by atomic mass is 10.3. The van der Waals surface area contributed by atoms with Gasteiger partial charge in [-0.3, -0.25) is 13.9 Å². The lowest BCUT2D eigenvalue weighted by molar-refractivity contribution is 0.585. The van der Waals surface area contributed by atoms with Crippen molar-refractivity contribution in [3.8, 4) is 6.07 Å². The standard InChI is InChI=1S/C12H13N3O2/c1-8(2)6-15-11(16)9(5-13)7-14(12(15)17)10-3-4-10/h7,10H,1,3-4,6H2,2H3. The maximum Gasteiger partial charge on any atom is 0.331 e. The number of nitriles is 1. The topological polar surface area (TPSA) is 67.8 Å². The molecular weight excluding hydrogens is 218 g/mol. The average Bonchev–Trinajstić information content (AvgIpc) is 3.08. The van der Waals surface area contributed by atoms with Crippen molar-refractivity contribution in [1.29, 1.82) is 5.26 Å². The quantitative estimate of drug-likeness (QED) is 0.722. The highest BCUT2D eigenvalue weighted by atomic mass is 16.2. The van der Waals surface area contributed by atoms with Crippen molar-refractivity contribution in [2.75, 3.05) is 0 Å². The molecule has 88 valence electrons. The van der Waals surface area contributed by atoms with E-state index < -0.39 is 5.56 Å². The van der Waals surface area contributed by atoms with Crippen LogP contribution in [-0.4, -0.2) is 9.13 Å². The third-order valence-corrected chi connectivity index (χ3v) is 2.68. The normalized spacial score (nSPS) is 14.4. The molecule has 17 heavy (non-hydrogen) atoms. The van der Waals surface area contributed by atoms with Crippen LogP contribution in [0.4, 0.5) is 0 Å². The van der Waals surface area contributed by atoms with Gasteiger partial charge in [-0.15, -0.1) is 0 Å². The molecule has 0 N–H and O–H groups in total. The Balaban J connectivity index is 2.67. The summed E-state index contributed by atoms with van der Waals surface area (Å²) >= 11 is 0. The molecule has 0 saturated heterocycles. The molecule has 1 aliphatic rings. The van der Waals surface area contributed by atoms with E-state index in [0.29, 0.717) is 5.57 Å². The molecule has 0 atom stereocenters. The molecule has 0 unspecified atom stereocenters. The van der Waals surface area contributed by atoms with Crippen LogP contribution in [0.15, 0.2) is 27.9 Å². The summed E-state index contributed by atoms with van der Waals surface area (Å²) < 4.78 is 2.57. The highest BCUT2D eigenvalue weighted by Gasteiger charge is 2.26. The third kappa shape index (κ3) is 2.07. The van der Waals surface area contributed by atoms with Gasteiger partial charge < -0.3 is 0 Å². The first-order chi connectivity index (χ1) is 8.04. The van der Waals surface area contributed by atoms with E-state index in [0.717, 1.165) is 17.4 Å². The van der Waals surface area contributed by atoms with Crippen LogP contribution in [0.2, 0.25) is 0 Å². The van der Waals surface area contributed by atoms with Gasteiger partial charge in [-0.2, -0.15) is 5.26 Å².